The second-order valence-corrected chi connectivity index (χ2v) is 10.2. The van der Waals surface area contributed by atoms with Gasteiger partial charge in [0.2, 0.25) is 11.8 Å². The van der Waals surface area contributed by atoms with E-state index < -0.39 is 6.04 Å². The highest BCUT2D eigenvalue weighted by atomic mass is 32.1. The van der Waals surface area contributed by atoms with Gasteiger partial charge in [0.05, 0.1) is 20.6 Å². The fraction of sp³-hybridized carbons (Fsp3) is 0.379. The van der Waals surface area contributed by atoms with E-state index in [0.29, 0.717) is 12.3 Å². The zero-order valence-electron chi connectivity index (χ0n) is 20.9. The Kier molecular flexibility index (Phi) is 9.01. The molecule has 6 nitrogen and oxygen atoms in total. The third-order valence-corrected chi connectivity index (χ3v) is 7.56. The summed E-state index contributed by atoms with van der Waals surface area (Å²) in [5.41, 5.74) is 1.69. The molecule has 0 aliphatic heterocycles. The van der Waals surface area contributed by atoms with Crippen LogP contribution in [0.2, 0.25) is 0 Å². The first kappa shape index (κ1) is 25.8. The number of hydrogen-bond donors (Lipinski definition) is 1. The summed E-state index contributed by atoms with van der Waals surface area (Å²) in [5, 5.41) is 5.23. The van der Waals surface area contributed by atoms with Crippen LogP contribution in [0.4, 0.5) is 0 Å². The van der Waals surface area contributed by atoms with Gasteiger partial charge >= 0.3 is 0 Å². The largest absolute Gasteiger partial charge is 0.497 e. The number of thiophene rings is 1. The van der Waals surface area contributed by atoms with Crippen molar-refractivity contribution in [3.63, 3.8) is 0 Å². The maximum Gasteiger partial charge on any atom is 0.247 e. The number of amides is 2. The predicted octanol–water partition coefficient (Wildman–Crippen LogP) is 5.53. The minimum Gasteiger partial charge on any atom is -0.497 e. The van der Waals surface area contributed by atoms with Crippen LogP contribution in [0.15, 0.2) is 66.0 Å². The molecule has 2 aromatic carbocycles. The molecule has 0 bridgehead atoms. The molecule has 4 rings (SSSR count). The van der Waals surface area contributed by atoms with Gasteiger partial charge in [0.15, 0.2) is 0 Å². The van der Waals surface area contributed by atoms with Crippen LogP contribution in [0.3, 0.4) is 0 Å². The molecule has 0 spiro atoms. The van der Waals surface area contributed by atoms with Gasteiger partial charge < -0.3 is 19.7 Å². The van der Waals surface area contributed by atoms with Crippen LogP contribution in [0.5, 0.6) is 11.5 Å². The van der Waals surface area contributed by atoms with Crippen molar-refractivity contribution < 1.29 is 19.1 Å². The highest BCUT2D eigenvalue weighted by Gasteiger charge is 2.33. The van der Waals surface area contributed by atoms with Gasteiger partial charge in [0.1, 0.15) is 17.5 Å². The topological polar surface area (TPSA) is 67.9 Å². The summed E-state index contributed by atoms with van der Waals surface area (Å²) in [4.78, 5) is 30.3. The van der Waals surface area contributed by atoms with Crippen molar-refractivity contribution in [2.75, 3.05) is 14.2 Å². The van der Waals surface area contributed by atoms with E-state index in [4.69, 9.17) is 9.47 Å². The summed E-state index contributed by atoms with van der Waals surface area (Å²) in [7, 11) is 3.24. The molecule has 3 aromatic rings. The molecule has 1 fully saturated rings. The molecule has 1 heterocycles. The SMILES string of the molecule is COc1ccc(CN(C(=O)Cc2cccs2)C(C(=O)NC2CCCCC2)c2ccc(OC)cc2)cc1. The fourth-order valence-electron chi connectivity index (χ4n) is 4.70. The third kappa shape index (κ3) is 6.66. The maximum atomic E-state index is 13.9. The van der Waals surface area contributed by atoms with Crippen LogP contribution >= 0.6 is 11.3 Å². The summed E-state index contributed by atoms with van der Waals surface area (Å²) in [6.07, 6.45) is 5.63. The van der Waals surface area contributed by atoms with Crippen LogP contribution in [0.1, 0.15) is 54.1 Å². The Bertz CT molecular complexity index is 1110. The Morgan fingerprint density at radius 2 is 1.58 bits per heavy atom. The smallest absolute Gasteiger partial charge is 0.247 e. The van der Waals surface area contributed by atoms with Crippen LogP contribution in [-0.4, -0.2) is 37.0 Å². The van der Waals surface area contributed by atoms with Crippen molar-refractivity contribution >= 4 is 23.2 Å². The number of nitrogens with zero attached hydrogens (tertiary/aromatic N) is 1. The molecule has 2 amide bonds. The van der Waals surface area contributed by atoms with E-state index >= 15 is 0 Å². The number of nitrogens with one attached hydrogen (secondary N) is 1. The summed E-state index contributed by atoms with van der Waals surface area (Å²) < 4.78 is 10.6. The first-order valence-corrected chi connectivity index (χ1v) is 13.3. The molecule has 0 saturated heterocycles. The summed E-state index contributed by atoms with van der Waals surface area (Å²) in [6, 6.07) is 18.3. The fourth-order valence-corrected chi connectivity index (χ4v) is 5.40. The predicted molar refractivity (Wildman–Crippen MR) is 142 cm³/mol. The van der Waals surface area contributed by atoms with E-state index in [2.05, 4.69) is 5.32 Å². The number of hydrogen-bond acceptors (Lipinski definition) is 5. The van der Waals surface area contributed by atoms with Crippen molar-refractivity contribution in [3.05, 3.63) is 82.0 Å². The second kappa shape index (κ2) is 12.6. The van der Waals surface area contributed by atoms with Crippen molar-refractivity contribution in [3.8, 4) is 11.5 Å². The molecule has 7 heteroatoms. The van der Waals surface area contributed by atoms with Crippen molar-refractivity contribution in [1.82, 2.24) is 10.2 Å². The molecule has 0 radical (unpaired) electrons. The second-order valence-electron chi connectivity index (χ2n) is 9.15. The van der Waals surface area contributed by atoms with Crippen molar-refractivity contribution in [1.29, 1.82) is 0 Å². The van der Waals surface area contributed by atoms with Crippen LogP contribution in [0.25, 0.3) is 0 Å². The lowest BCUT2D eigenvalue weighted by atomic mass is 9.94. The van der Waals surface area contributed by atoms with Gasteiger partial charge in [0.25, 0.3) is 0 Å². The Morgan fingerprint density at radius 3 is 2.17 bits per heavy atom. The first-order chi connectivity index (χ1) is 17.6. The molecule has 1 N–H and O–H groups in total. The minimum atomic E-state index is -0.757. The van der Waals surface area contributed by atoms with Crippen LogP contribution in [0, 0.1) is 0 Å². The highest BCUT2D eigenvalue weighted by Crippen LogP contribution is 2.29. The molecule has 1 aliphatic carbocycles. The van der Waals surface area contributed by atoms with Crippen molar-refractivity contribution in [2.24, 2.45) is 0 Å². The highest BCUT2D eigenvalue weighted by molar-refractivity contribution is 7.10. The standard InChI is InChI=1S/C29H34N2O4S/c1-34-24-14-10-21(11-15-24)20-31(27(32)19-26-9-6-18-36-26)28(22-12-16-25(35-2)17-13-22)29(33)30-23-7-4-3-5-8-23/h6,9-18,23,28H,3-5,7-8,19-20H2,1-2H3,(H,30,33). The number of benzene rings is 2. The van der Waals surface area contributed by atoms with E-state index in [1.807, 2.05) is 66.0 Å². The molecule has 190 valence electrons. The van der Waals surface area contributed by atoms with Gasteiger partial charge in [-0.25, -0.2) is 0 Å². The first-order valence-electron chi connectivity index (χ1n) is 12.5. The third-order valence-electron chi connectivity index (χ3n) is 6.68. The average molecular weight is 507 g/mol. The Morgan fingerprint density at radius 1 is 0.944 bits per heavy atom. The number of carbonyl (C=O) groups is 2. The van der Waals surface area contributed by atoms with Crippen LogP contribution in [-0.2, 0) is 22.6 Å². The van der Waals surface area contributed by atoms with Gasteiger partial charge in [-0.3, -0.25) is 9.59 Å². The molecular weight excluding hydrogens is 472 g/mol. The summed E-state index contributed by atoms with van der Waals surface area (Å²) in [6.45, 7) is 0.309. The quantitative estimate of drug-likeness (QED) is 0.393. The van der Waals surface area contributed by atoms with E-state index in [-0.39, 0.29) is 24.3 Å². The molecular formula is C29H34N2O4S. The van der Waals surface area contributed by atoms with Gasteiger partial charge in [-0.2, -0.15) is 0 Å². The van der Waals surface area contributed by atoms with Gasteiger partial charge in [-0.15, -0.1) is 11.3 Å². The van der Waals surface area contributed by atoms with Gasteiger partial charge in [-0.1, -0.05) is 49.6 Å². The van der Waals surface area contributed by atoms with Crippen molar-refractivity contribution in [2.45, 2.75) is 57.2 Å². The minimum absolute atomic E-state index is 0.0899. The van der Waals surface area contributed by atoms with Crippen LogP contribution < -0.4 is 14.8 Å². The van der Waals surface area contributed by atoms with Gasteiger partial charge in [0, 0.05) is 17.5 Å². The summed E-state index contributed by atoms with van der Waals surface area (Å²) >= 11 is 1.55. The Labute approximate surface area is 217 Å². The molecule has 1 unspecified atom stereocenters. The van der Waals surface area contributed by atoms with E-state index in [9.17, 15) is 9.59 Å². The molecule has 36 heavy (non-hydrogen) atoms. The van der Waals surface area contributed by atoms with E-state index in [1.165, 1.54) is 6.42 Å². The number of methoxy groups -OCH3 is 2. The lowest BCUT2D eigenvalue weighted by Crippen LogP contribution is -2.47. The molecule has 1 saturated carbocycles. The normalized spacial score (nSPS) is 14.6. The average Bonchev–Trinajstić information content (AvgIpc) is 3.42. The maximum absolute atomic E-state index is 13.9. The van der Waals surface area contributed by atoms with Gasteiger partial charge in [-0.05, 0) is 59.7 Å². The zero-order chi connectivity index (χ0) is 25.3. The number of rotatable bonds is 10. The lowest BCUT2D eigenvalue weighted by Gasteiger charge is -2.33. The molecule has 1 aliphatic rings. The number of carbonyl (C=O) groups excluding carboxylic acids is 2. The number of ether oxygens (including phenoxy) is 2. The monoisotopic (exact) mass is 506 g/mol. The van der Waals surface area contributed by atoms with E-state index in [0.717, 1.165) is 47.4 Å². The van der Waals surface area contributed by atoms with E-state index in [1.54, 1.807) is 30.5 Å². The summed E-state index contributed by atoms with van der Waals surface area (Å²) in [5.74, 6) is 1.22. The molecule has 1 atom stereocenters. The lowest BCUT2D eigenvalue weighted by molar-refractivity contribution is -0.141. The molecule has 1 aromatic heterocycles. The zero-order valence-corrected chi connectivity index (χ0v) is 21.8. The Hall–Kier alpha value is -3.32. The Balaban J connectivity index is 1.68.